The topological polar surface area (TPSA) is 58.6 Å². The first kappa shape index (κ1) is 21.4. The van der Waals surface area contributed by atoms with Crippen LogP contribution in [0.15, 0.2) is 54.3 Å². The van der Waals surface area contributed by atoms with E-state index < -0.39 is 0 Å². The molecule has 1 heterocycles. The third kappa shape index (κ3) is 4.77. The molecule has 162 valence electrons. The van der Waals surface area contributed by atoms with Crippen molar-refractivity contribution in [3.05, 3.63) is 64.9 Å². The van der Waals surface area contributed by atoms with E-state index in [0.717, 1.165) is 18.4 Å². The van der Waals surface area contributed by atoms with Gasteiger partial charge in [0.05, 0.1) is 5.69 Å². The fourth-order valence-electron chi connectivity index (χ4n) is 4.35. The highest BCUT2D eigenvalue weighted by Crippen LogP contribution is 2.36. The number of anilines is 1. The molecule has 3 unspecified atom stereocenters. The molecule has 1 aliphatic heterocycles. The molecule has 0 spiro atoms. The molecule has 4 rings (SSSR count). The van der Waals surface area contributed by atoms with Gasteiger partial charge in [-0.05, 0) is 54.2 Å². The number of nitrogens with zero attached hydrogens (tertiary/aromatic N) is 1. The summed E-state index contributed by atoms with van der Waals surface area (Å²) in [6.45, 7) is 4.37. The Labute approximate surface area is 188 Å². The third-order valence-corrected chi connectivity index (χ3v) is 6.57. The Bertz CT molecular complexity index is 1020. The van der Waals surface area contributed by atoms with Crippen LogP contribution in [0.2, 0.25) is 5.02 Å². The van der Waals surface area contributed by atoms with E-state index in [4.69, 9.17) is 16.3 Å². The minimum Gasteiger partial charge on any atom is -0.449 e. The van der Waals surface area contributed by atoms with Gasteiger partial charge >= 0.3 is 0 Å². The highest BCUT2D eigenvalue weighted by Gasteiger charge is 2.33. The van der Waals surface area contributed by atoms with Gasteiger partial charge in [-0.25, -0.2) is 0 Å². The van der Waals surface area contributed by atoms with E-state index in [9.17, 15) is 9.59 Å². The second-order valence-electron chi connectivity index (χ2n) is 8.47. The maximum atomic E-state index is 13.2. The molecule has 1 fully saturated rings. The summed E-state index contributed by atoms with van der Waals surface area (Å²) in [5.41, 5.74) is 1.35. The van der Waals surface area contributed by atoms with Gasteiger partial charge in [-0.15, -0.1) is 0 Å². The van der Waals surface area contributed by atoms with Crippen molar-refractivity contribution >= 4 is 35.2 Å². The molecule has 6 heteroatoms. The summed E-state index contributed by atoms with van der Waals surface area (Å²) < 4.78 is 5.88. The molecule has 2 aromatic rings. The highest BCUT2D eigenvalue weighted by atomic mass is 35.5. The lowest BCUT2D eigenvalue weighted by Gasteiger charge is -2.35. The SMILES string of the molecule is CC1CCCC(NC(=O)CN2C(=O)C(=Cc3cccc(Cl)c3)Oc3ccccc32)C1C. The summed E-state index contributed by atoms with van der Waals surface area (Å²) in [7, 11) is 0. The lowest BCUT2D eigenvalue weighted by Crippen LogP contribution is -2.49. The fourth-order valence-corrected chi connectivity index (χ4v) is 4.55. The van der Waals surface area contributed by atoms with E-state index in [1.54, 1.807) is 30.3 Å². The number of carbonyl (C=O) groups is 2. The Balaban J connectivity index is 1.57. The molecule has 0 bridgehead atoms. The summed E-state index contributed by atoms with van der Waals surface area (Å²) in [6, 6.07) is 14.6. The van der Waals surface area contributed by atoms with Gasteiger partial charge in [-0.1, -0.05) is 62.6 Å². The van der Waals surface area contributed by atoms with E-state index in [0.29, 0.717) is 28.3 Å². The molecular formula is C25H27ClN2O3. The van der Waals surface area contributed by atoms with Crippen LogP contribution in [0.1, 0.15) is 38.7 Å². The Hall–Kier alpha value is -2.79. The zero-order valence-corrected chi connectivity index (χ0v) is 18.6. The molecule has 3 atom stereocenters. The minimum absolute atomic E-state index is 0.0519. The zero-order valence-electron chi connectivity index (χ0n) is 17.8. The van der Waals surface area contributed by atoms with Crippen LogP contribution in [-0.4, -0.2) is 24.4 Å². The Kier molecular flexibility index (Phi) is 6.33. The standard InChI is InChI=1S/C25H27ClN2O3/c1-16-7-5-10-20(17(16)2)27-24(29)15-28-21-11-3-4-12-22(21)31-23(25(28)30)14-18-8-6-9-19(26)13-18/h3-4,6,8-9,11-14,16-17,20H,5,7,10,15H2,1-2H3,(H,27,29). The number of rotatable bonds is 4. The Morgan fingerprint density at radius 3 is 2.81 bits per heavy atom. The number of hydrogen-bond donors (Lipinski definition) is 1. The molecule has 5 nitrogen and oxygen atoms in total. The molecule has 2 amide bonds. The minimum atomic E-state index is -0.348. The number of nitrogens with one attached hydrogen (secondary N) is 1. The normalized spacial score (nSPS) is 24.5. The number of halogens is 1. The number of hydrogen-bond acceptors (Lipinski definition) is 3. The smallest absolute Gasteiger partial charge is 0.294 e. The van der Waals surface area contributed by atoms with Crippen molar-refractivity contribution in [3.63, 3.8) is 0 Å². The van der Waals surface area contributed by atoms with Crippen LogP contribution in [0.5, 0.6) is 5.75 Å². The molecule has 0 saturated heterocycles. The van der Waals surface area contributed by atoms with E-state index in [-0.39, 0.29) is 30.2 Å². The van der Waals surface area contributed by atoms with E-state index in [1.807, 2.05) is 24.3 Å². The molecule has 2 aliphatic rings. The maximum Gasteiger partial charge on any atom is 0.294 e. The molecule has 1 N–H and O–H groups in total. The average Bonchev–Trinajstić information content (AvgIpc) is 2.74. The first-order valence-corrected chi connectivity index (χ1v) is 11.2. The molecule has 0 aromatic heterocycles. The van der Waals surface area contributed by atoms with Gasteiger partial charge in [0.1, 0.15) is 6.54 Å². The van der Waals surface area contributed by atoms with Crippen molar-refractivity contribution in [3.8, 4) is 5.75 Å². The number of para-hydroxylation sites is 2. The number of ether oxygens (including phenoxy) is 1. The van der Waals surface area contributed by atoms with Crippen molar-refractivity contribution in [1.82, 2.24) is 5.32 Å². The van der Waals surface area contributed by atoms with Crippen LogP contribution in [0.3, 0.4) is 0 Å². The van der Waals surface area contributed by atoms with Crippen molar-refractivity contribution < 1.29 is 14.3 Å². The van der Waals surface area contributed by atoms with Gasteiger partial charge < -0.3 is 10.1 Å². The van der Waals surface area contributed by atoms with Crippen LogP contribution in [0.4, 0.5) is 5.69 Å². The number of fused-ring (bicyclic) bond motifs is 1. The zero-order chi connectivity index (χ0) is 22.0. The Morgan fingerprint density at radius 2 is 2.00 bits per heavy atom. The van der Waals surface area contributed by atoms with Crippen LogP contribution in [0, 0.1) is 11.8 Å². The second kappa shape index (κ2) is 9.15. The van der Waals surface area contributed by atoms with Gasteiger partial charge in [-0.2, -0.15) is 0 Å². The van der Waals surface area contributed by atoms with Crippen LogP contribution in [-0.2, 0) is 9.59 Å². The van der Waals surface area contributed by atoms with Gasteiger partial charge in [0, 0.05) is 11.1 Å². The first-order valence-electron chi connectivity index (χ1n) is 10.8. The molecule has 1 aliphatic carbocycles. The predicted molar refractivity (Wildman–Crippen MR) is 123 cm³/mol. The number of carbonyl (C=O) groups excluding carboxylic acids is 2. The molecule has 1 saturated carbocycles. The largest absolute Gasteiger partial charge is 0.449 e. The summed E-state index contributed by atoms with van der Waals surface area (Å²) >= 11 is 6.07. The van der Waals surface area contributed by atoms with Crippen molar-refractivity contribution in [2.45, 2.75) is 39.2 Å². The van der Waals surface area contributed by atoms with Crippen molar-refractivity contribution in [2.75, 3.05) is 11.4 Å². The summed E-state index contributed by atoms with van der Waals surface area (Å²) in [5.74, 6) is 1.20. The van der Waals surface area contributed by atoms with Gasteiger partial charge in [0.15, 0.2) is 11.5 Å². The average molecular weight is 439 g/mol. The lowest BCUT2D eigenvalue weighted by molar-refractivity contribution is -0.124. The molecular weight excluding hydrogens is 412 g/mol. The fraction of sp³-hybridized carbons (Fsp3) is 0.360. The van der Waals surface area contributed by atoms with Crippen molar-refractivity contribution in [1.29, 1.82) is 0 Å². The molecule has 31 heavy (non-hydrogen) atoms. The van der Waals surface area contributed by atoms with E-state index in [1.165, 1.54) is 11.3 Å². The van der Waals surface area contributed by atoms with Gasteiger partial charge in [0.2, 0.25) is 5.91 Å². The van der Waals surface area contributed by atoms with E-state index >= 15 is 0 Å². The molecule has 2 aromatic carbocycles. The maximum absolute atomic E-state index is 13.2. The second-order valence-corrected chi connectivity index (χ2v) is 8.90. The molecule has 0 radical (unpaired) electrons. The quantitative estimate of drug-likeness (QED) is 0.679. The number of benzene rings is 2. The predicted octanol–water partition coefficient (Wildman–Crippen LogP) is 5.05. The summed E-state index contributed by atoms with van der Waals surface area (Å²) in [6.07, 6.45) is 4.94. The van der Waals surface area contributed by atoms with E-state index in [2.05, 4.69) is 19.2 Å². The lowest BCUT2D eigenvalue weighted by atomic mass is 9.78. The van der Waals surface area contributed by atoms with Gasteiger partial charge in [-0.3, -0.25) is 14.5 Å². The Morgan fingerprint density at radius 1 is 1.19 bits per heavy atom. The monoisotopic (exact) mass is 438 g/mol. The summed E-state index contributed by atoms with van der Waals surface area (Å²) in [5, 5.41) is 3.73. The van der Waals surface area contributed by atoms with Crippen LogP contribution in [0.25, 0.3) is 6.08 Å². The number of amides is 2. The first-order chi connectivity index (χ1) is 14.9. The van der Waals surface area contributed by atoms with Gasteiger partial charge in [0.25, 0.3) is 5.91 Å². The summed E-state index contributed by atoms with van der Waals surface area (Å²) in [4.78, 5) is 27.6. The van der Waals surface area contributed by atoms with Crippen LogP contribution < -0.4 is 15.0 Å². The van der Waals surface area contributed by atoms with Crippen molar-refractivity contribution in [2.24, 2.45) is 11.8 Å². The third-order valence-electron chi connectivity index (χ3n) is 6.33. The van der Waals surface area contributed by atoms with Crippen LogP contribution >= 0.6 is 11.6 Å². The highest BCUT2D eigenvalue weighted by molar-refractivity contribution is 6.30.